The van der Waals surface area contributed by atoms with Crippen LogP contribution in [0.3, 0.4) is 0 Å². The number of rotatable bonds is 6. The third-order valence-corrected chi connectivity index (χ3v) is 2.96. The first-order valence-electron chi connectivity index (χ1n) is 5.80. The summed E-state index contributed by atoms with van der Waals surface area (Å²) >= 11 is 12.0. The third kappa shape index (κ3) is 4.35. The van der Waals surface area contributed by atoms with E-state index < -0.39 is 0 Å². The molecule has 2 aromatic rings. The first kappa shape index (κ1) is 14.1. The molecule has 1 N–H and O–H groups in total. The van der Waals surface area contributed by atoms with Gasteiger partial charge in [-0.25, -0.2) is 0 Å². The predicted octanol–water partition coefficient (Wildman–Crippen LogP) is 2.95. The molecule has 1 aromatic heterocycles. The van der Waals surface area contributed by atoms with Gasteiger partial charge in [-0.05, 0) is 12.1 Å². The Balaban J connectivity index is 1.73. The zero-order chi connectivity index (χ0) is 13.5. The van der Waals surface area contributed by atoms with Gasteiger partial charge in [-0.2, -0.15) is 0 Å². The molecule has 1 aromatic carbocycles. The van der Waals surface area contributed by atoms with Gasteiger partial charge < -0.3 is 10.1 Å². The van der Waals surface area contributed by atoms with Crippen LogP contribution in [0, 0.1) is 0 Å². The normalized spacial score (nSPS) is 10.4. The first-order chi connectivity index (χ1) is 9.27. The van der Waals surface area contributed by atoms with Gasteiger partial charge in [0.25, 0.3) is 0 Å². The summed E-state index contributed by atoms with van der Waals surface area (Å²) in [5.74, 6) is 0.520. The average molecular weight is 298 g/mol. The molecule has 0 bridgehead atoms. The Labute approximate surface area is 121 Å². The number of benzene rings is 1. The summed E-state index contributed by atoms with van der Waals surface area (Å²) in [6.45, 7) is 1.79. The second-order valence-electron chi connectivity index (χ2n) is 3.77. The SMILES string of the molecule is Clc1cccc(Cl)c1OCCNCc1cnccn1. The number of ether oxygens (including phenoxy) is 1. The Morgan fingerprint density at radius 2 is 1.95 bits per heavy atom. The molecular formula is C13H13Cl2N3O. The number of halogens is 2. The minimum atomic E-state index is 0.476. The van der Waals surface area contributed by atoms with Crippen LogP contribution in [0.2, 0.25) is 10.0 Å². The Bertz CT molecular complexity index is 502. The lowest BCUT2D eigenvalue weighted by atomic mass is 10.3. The quantitative estimate of drug-likeness (QED) is 0.833. The van der Waals surface area contributed by atoms with Crippen LogP contribution in [0.5, 0.6) is 5.75 Å². The Morgan fingerprint density at radius 1 is 1.16 bits per heavy atom. The van der Waals surface area contributed by atoms with Crippen molar-refractivity contribution in [3.05, 3.63) is 52.5 Å². The van der Waals surface area contributed by atoms with E-state index in [2.05, 4.69) is 15.3 Å². The van der Waals surface area contributed by atoms with Crippen molar-refractivity contribution in [3.63, 3.8) is 0 Å². The lowest BCUT2D eigenvalue weighted by molar-refractivity contribution is 0.313. The van der Waals surface area contributed by atoms with E-state index in [0.717, 1.165) is 5.69 Å². The van der Waals surface area contributed by atoms with Crippen molar-refractivity contribution >= 4 is 23.2 Å². The zero-order valence-electron chi connectivity index (χ0n) is 10.1. The van der Waals surface area contributed by atoms with Crippen LogP contribution in [0.15, 0.2) is 36.8 Å². The van der Waals surface area contributed by atoms with Crippen molar-refractivity contribution in [2.75, 3.05) is 13.2 Å². The molecule has 0 radical (unpaired) electrons. The number of aromatic nitrogens is 2. The minimum absolute atomic E-state index is 0.476. The summed E-state index contributed by atoms with van der Waals surface area (Å²) in [7, 11) is 0. The molecule has 100 valence electrons. The van der Waals surface area contributed by atoms with E-state index in [1.54, 1.807) is 36.8 Å². The summed E-state index contributed by atoms with van der Waals surface area (Å²) in [6, 6.07) is 5.27. The predicted molar refractivity (Wildman–Crippen MR) is 75.7 cm³/mol. The lowest BCUT2D eigenvalue weighted by Crippen LogP contribution is -2.21. The van der Waals surface area contributed by atoms with Gasteiger partial charge in [-0.15, -0.1) is 0 Å². The third-order valence-electron chi connectivity index (χ3n) is 2.37. The summed E-state index contributed by atoms with van der Waals surface area (Å²) in [4.78, 5) is 8.14. The molecule has 0 saturated carbocycles. The molecule has 0 fully saturated rings. The van der Waals surface area contributed by atoms with Crippen LogP contribution in [0.4, 0.5) is 0 Å². The van der Waals surface area contributed by atoms with Crippen molar-refractivity contribution in [2.45, 2.75) is 6.54 Å². The molecule has 4 nitrogen and oxygen atoms in total. The van der Waals surface area contributed by atoms with Gasteiger partial charge in [0.15, 0.2) is 5.75 Å². The highest BCUT2D eigenvalue weighted by Crippen LogP contribution is 2.32. The van der Waals surface area contributed by atoms with Gasteiger partial charge in [0.05, 0.1) is 15.7 Å². The monoisotopic (exact) mass is 297 g/mol. The second kappa shape index (κ2) is 7.28. The van der Waals surface area contributed by atoms with Crippen LogP contribution in [-0.4, -0.2) is 23.1 Å². The molecule has 1 heterocycles. The molecule has 0 spiro atoms. The molecule has 2 rings (SSSR count). The fourth-order valence-electron chi connectivity index (χ4n) is 1.48. The number of hydrogen-bond donors (Lipinski definition) is 1. The highest BCUT2D eigenvalue weighted by atomic mass is 35.5. The molecule has 0 amide bonds. The van der Waals surface area contributed by atoms with Gasteiger partial charge in [-0.1, -0.05) is 29.3 Å². The smallest absolute Gasteiger partial charge is 0.156 e. The minimum Gasteiger partial charge on any atom is -0.489 e. The molecule has 0 aliphatic rings. The fourth-order valence-corrected chi connectivity index (χ4v) is 1.99. The molecule has 0 unspecified atom stereocenters. The van der Waals surface area contributed by atoms with Crippen LogP contribution in [0.25, 0.3) is 0 Å². The molecular weight excluding hydrogens is 285 g/mol. The van der Waals surface area contributed by atoms with Gasteiger partial charge in [0.2, 0.25) is 0 Å². The number of hydrogen-bond acceptors (Lipinski definition) is 4. The summed E-state index contributed by atoms with van der Waals surface area (Å²) in [6.07, 6.45) is 5.03. The van der Waals surface area contributed by atoms with Crippen molar-refractivity contribution in [2.24, 2.45) is 0 Å². The van der Waals surface area contributed by atoms with Gasteiger partial charge >= 0.3 is 0 Å². The Kier molecular flexibility index (Phi) is 5.39. The van der Waals surface area contributed by atoms with E-state index in [4.69, 9.17) is 27.9 Å². The number of nitrogens with one attached hydrogen (secondary N) is 1. The van der Waals surface area contributed by atoms with Gasteiger partial charge in [-0.3, -0.25) is 9.97 Å². The average Bonchev–Trinajstić information content (AvgIpc) is 2.42. The van der Waals surface area contributed by atoms with E-state index >= 15 is 0 Å². The Hall–Kier alpha value is -1.36. The van der Waals surface area contributed by atoms with Gasteiger partial charge in [0, 0.05) is 31.7 Å². The summed E-state index contributed by atoms with van der Waals surface area (Å²) in [5, 5.41) is 4.23. The molecule has 0 atom stereocenters. The topological polar surface area (TPSA) is 47.0 Å². The maximum atomic E-state index is 5.99. The highest BCUT2D eigenvalue weighted by molar-refractivity contribution is 6.37. The van der Waals surface area contributed by atoms with Crippen molar-refractivity contribution < 1.29 is 4.74 Å². The standard InChI is InChI=1S/C13H13Cl2N3O/c14-11-2-1-3-12(15)13(11)19-7-6-17-9-10-8-16-4-5-18-10/h1-5,8,17H,6-7,9H2. The molecule has 0 aliphatic carbocycles. The van der Waals surface area contributed by atoms with Crippen LogP contribution in [-0.2, 0) is 6.54 Å². The number of para-hydroxylation sites is 1. The maximum absolute atomic E-state index is 5.99. The largest absolute Gasteiger partial charge is 0.489 e. The molecule has 19 heavy (non-hydrogen) atoms. The lowest BCUT2D eigenvalue weighted by Gasteiger charge is -2.10. The van der Waals surface area contributed by atoms with E-state index in [9.17, 15) is 0 Å². The summed E-state index contributed by atoms with van der Waals surface area (Å²) in [5.41, 5.74) is 0.887. The molecule has 6 heteroatoms. The maximum Gasteiger partial charge on any atom is 0.156 e. The zero-order valence-corrected chi connectivity index (χ0v) is 11.7. The fraction of sp³-hybridized carbons (Fsp3) is 0.231. The second-order valence-corrected chi connectivity index (χ2v) is 4.59. The van der Waals surface area contributed by atoms with E-state index in [-0.39, 0.29) is 0 Å². The van der Waals surface area contributed by atoms with Crippen LogP contribution in [0.1, 0.15) is 5.69 Å². The first-order valence-corrected chi connectivity index (χ1v) is 6.55. The van der Waals surface area contributed by atoms with Crippen molar-refractivity contribution in [3.8, 4) is 5.75 Å². The van der Waals surface area contributed by atoms with Gasteiger partial charge in [0.1, 0.15) is 6.61 Å². The molecule has 0 saturated heterocycles. The van der Waals surface area contributed by atoms with Crippen LogP contribution >= 0.6 is 23.2 Å². The van der Waals surface area contributed by atoms with E-state index in [0.29, 0.717) is 35.5 Å². The van der Waals surface area contributed by atoms with Crippen LogP contribution < -0.4 is 10.1 Å². The highest BCUT2D eigenvalue weighted by Gasteiger charge is 2.05. The summed E-state index contributed by atoms with van der Waals surface area (Å²) < 4.78 is 5.54. The number of nitrogens with zero attached hydrogens (tertiary/aromatic N) is 2. The Morgan fingerprint density at radius 3 is 2.63 bits per heavy atom. The van der Waals surface area contributed by atoms with Crippen molar-refractivity contribution in [1.29, 1.82) is 0 Å². The van der Waals surface area contributed by atoms with E-state index in [1.807, 2.05) is 0 Å². The molecule has 0 aliphatic heterocycles. The van der Waals surface area contributed by atoms with E-state index in [1.165, 1.54) is 0 Å². The van der Waals surface area contributed by atoms with Crippen molar-refractivity contribution in [1.82, 2.24) is 15.3 Å².